The maximum atomic E-state index is 12.3. The molecule has 156 valence electrons. The van der Waals surface area contributed by atoms with E-state index in [1.807, 2.05) is 38.1 Å². The van der Waals surface area contributed by atoms with Crippen molar-refractivity contribution in [2.75, 3.05) is 19.8 Å². The van der Waals surface area contributed by atoms with Gasteiger partial charge in [0.2, 0.25) is 0 Å². The van der Waals surface area contributed by atoms with Crippen LogP contribution in [0.5, 0.6) is 5.75 Å². The molecule has 1 heterocycles. The van der Waals surface area contributed by atoms with Crippen molar-refractivity contribution in [3.05, 3.63) is 59.7 Å². The lowest BCUT2D eigenvalue weighted by Crippen LogP contribution is -2.38. The Bertz CT molecular complexity index is 957. The van der Waals surface area contributed by atoms with Crippen LogP contribution in [0.25, 0.3) is 0 Å². The van der Waals surface area contributed by atoms with Gasteiger partial charge in [-0.05, 0) is 50.6 Å². The number of nitrogens with zero attached hydrogens (tertiary/aromatic N) is 1. The molecule has 8 heteroatoms. The molecule has 0 radical (unpaired) electrons. The smallest absolute Gasteiger partial charge is 0.410 e. The molecule has 1 saturated heterocycles. The van der Waals surface area contributed by atoms with E-state index in [0.29, 0.717) is 12.3 Å². The van der Waals surface area contributed by atoms with E-state index in [0.717, 1.165) is 11.1 Å². The topological polar surface area (TPSA) is 82.1 Å². The molecule has 0 saturated carbocycles. The molecule has 7 nitrogen and oxygen atoms in total. The van der Waals surface area contributed by atoms with Crippen LogP contribution < -0.4 is 4.74 Å². The van der Waals surface area contributed by atoms with Gasteiger partial charge in [-0.15, -0.1) is 0 Å². The van der Waals surface area contributed by atoms with Crippen LogP contribution >= 0.6 is 0 Å². The summed E-state index contributed by atoms with van der Waals surface area (Å²) in [5, 5.41) is 0. The summed E-state index contributed by atoms with van der Waals surface area (Å²) in [5.41, 5.74) is 2.03. The zero-order valence-electron chi connectivity index (χ0n) is 16.7. The molecular formula is C21H25NO6S. The molecule has 2 aromatic rings. The van der Waals surface area contributed by atoms with Crippen molar-refractivity contribution in [2.24, 2.45) is 0 Å². The molecule has 0 N–H and O–H groups in total. The van der Waals surface area contributed by atoms with Gasteiger partial charge in [0.25, 0.3) is 10.1 Å². The average molecular weight is 419 g/mol. The second-order valence-corrected chi connectivity index (χ2v) is 8.80. The van der Waals surface area contributed by atoms with E-state index in [1.165, 1.54) is 17.0 Å². The van der Waals surface area contributed by atoms with Crippen LogP contribution in [0.15, 0.2) is 53.4 Å². The van der Waals surface area contributed by atoms with Gasteiger partial charge in [0.1, 0.15) is 12.4 Å². The van der Waals surface area contributed by atoms with Crippen LogP contribution in [0.3, 0.4) is 0 Å². The van der Waals surface area contributed by atoms with E-state index >= 15 is 0 Å². The summed E-state index contributed by atoms with van der Waals surface area (Å²) in [6, 6.07) is 13.5. The number of amides is 1. The number of rotatable bonds is 8. The fraction of sp³-hybridized carbons (Fsp3) is 0.381. The first-order chi connectivity index (χ1) is 13.7. The van der Waals surface area contributed by atoms with E-state index in [1.54, 1.807) is 19.1 Å². The summed E-state index contributed by atoms with van der Waals surface area (Å²) >= 11 is 0. The summed E-state index contributed by atoms with van der Waals surface area (Å²) in [4.78, 5) is 13.7. The van der Waals surface area contributed by atoms with Gasteiger partial charge in [-0.1, -0.05) is 29.8 Å². The van der Waals surface area contributed by atoms with E-state index < -0.39 is 28.4 Å². The van der Waals surface area contributed by atoms with Gasteiger partial charge in [-0.25, -0.2) is 4.79 Å². The maximum Gasteiger partial charge on any atom is 0.410 e. The zero-order chi connectivity index (χ0) is 21.0. The number of ether oxygens (including phenoxy) is 2. The minimum Gasteiger partial charge on any atom is -0.490 e. The predicted molar refractivity (Wildman–Crippen MR) is 107 cm³/mol. The number of aryl methyl sites for hydroxylation is 2. The Balaban J connectivity index is 1.52. The molecular weight excluding hydrogens is 394 g/mol. The number of hydrogen-bond donors (Lipinski definition) is 0. The van der Waals surface area contributed by atoms with Crippen LogP contribution in [0, 0.1) is 13.8 Å². The maximum absolute atomic E-state index is 12.3. The number of benzene rings is 2. The molecule has 29 heavy (non-hydrogen) atoms. The predicted octanol–water partition coefficient (Wildman–Crippen LogP) is 3.30. The van der Waals surface area contributed by atoms with Crippen molar-refractivity contribution in [1.82, 2.24) is 4.90 Å². The number of cyclic esters (lactones) is 1. The molecule has 1 aliphatic heterocycles. The molecule has 2 atom stereocenters. The van der Waals surface area contributed by atoms with Crippen molar-refractivity contribution in [2.45, 2.75) is 37.8 Å². The molecule has 1 fully saturated rings. The van der Waals surface area contributed by atoms with Gasteiger partial charge < -0.3 is 9.47 Å². The lowest BCUT2D eigenvalue weighted by molar-refractivity contribution is 0.100. The summed E-state index contributed by atoms with van der Waals surface area (Å²) in [7, 11) is -3.89. The highest BCUT2D eigenvalue weighted by Crippen LogP contribution is 2.19. The molecule has 3 rings (SSSR count). The highest BCUT2D eigenvalue weighted by Gasteiger charge is 2.35. The van der Waals surface area contributed by atoms with Crippen molar-refractivity contribution >= 4 is 16.2 Å². The quantitative estimate of drug-likeness (QED) is 0.611. The van der Waals surface area contributed by atoms with Crippen LogP contribution in [0.2, 0.25) is 0 Å². The Morgan fingerprint density at radius 2 is 1.86 bits per heavy atom. The average Bonchev–Trinajstić information content (AvgIpc) is 3.06. The summed E-state index contributed by atoms with van der Waals surface area (Å²) in [6.45, 7) is 5.93. The van der Waals surface area contributed by atoms with Crippen molar-refractivity contribution in [3.8, 4) is 5.75 Å². The van der Waals surface area contributed by atoms with E-state index in [2.05, 4.69) is 0 Å². The van der Waals surface area contributed by atoms with Gasteiger partial charge in [0.05, 0.1) is 24.1 Å². The second-order valence-electron chi connectivity index (χ2n) is 7.19. The van der Waals surface area contributed by atoms with Crippen molar-refractivity contribution < 1.29 is 26.9 Å². The summed E-state index contributed by atoms with van der Waals surface area (Å²) < 4.78 is 40.8. The summed E-state index contributed by atoms with van der Waals surface area (Å²) in [5.74, 6) is 0.708. The fourth-order valence-electron chi connectivity index (χ4n) is 2.93. The molecule has 0 aromatic heterocycles. The molecule has 0 spiro atoms. The lowest BCUT2D eigenvalue weighted by atomic mass is 10.2. The largest absolute Gasteiger partial charge is 0.490 e. The first kappa shape index (κ1) is 21.1. The molecule has 1 unspecified atom stereocenters. The Hall–Kier alpha value is -2.58. The fourth-order valence-corrected chi connectivity index (χ4v) is 3.91. The van der Waals surface area contributed by atoms with Gasteiger partial charge in [0.15, 0.2) is 6.10 Å². The lowest BCUT2D eigenvalue weighted by Gasteiger charge is -2.21. The highest BCUT2D eigenvalue weighted by molar-refractivity contribution is 7.86. The van der Waals surface area contributed by atoms with Crippen LogP contribution in [0.4, 0.5) is 4.79 Å². The Kier molecular flexibility index (Phi) is 6.44. The van der Waals surface area contributed by atoms with Gasteiger partial charge >= 0.3 is 6.09 Å². The molecule has 1 amide bonds. The van der Waals surface area contributed by atoms with Crippen LogP contribution in [-0.2, 0) is 19.0 Å². The minimum atomic E-state index is -3.89. The Morgan fingerprint density at radius 1 is 1.14 bits per heavy atom. The van der Waals surface area contributed by atoms with Crippen LogP contribution in [-0.4, -0.2) is 51.3 Å². The number of hydrogen-bond acceptors (Lipinski definition) is 6. The normalized spacial score (nSPS) is 17.8. The van der Waals surface area contributed by atoms with E-state index in [9.17, 15) is 13.2 Å². The van der Waals surface area contributed by atoms with Crippen molar-refractivity contribution in [1.29, 1.82) is 0 Å². The van der Waals surface area contributed by atoms with Crippen LogP contribution in [0.1, 0.15) is 18.1 Å². The minimum absolute atomic E-state index is 0.0868. The van der Waals surface area contributed by atoms with E-state index in [4.69, 9.17) is 13.7 Å². The van der Waals surface area contributed by atoms with E-state index in [-0.39, 0.29) is 18.1 Å². The monoisotopic (exact) mass is 419 g/mol. The Labute approximate surface area is 171 Å². The number of carbonyl (C=O) groups is 1. The second kappa shape index (κ2) is 8.84. The first-order valence-corrected chi connectivity index (χ1v) is 10.8. The van der Waals surface area contributed by atoms with Gasteiger partial charge in [-0.3, -0.25) is 9.08 Å². The molecule has 0 aliphatic carbocycles. The SMILES string of the molecule is Cc1ccc(S(=O)(=O)OCC(C)N2C[C@H](COc3cccc(C)c3)OC2=O)cc1. The molecule has 1 aliphatic rings. The third-order valence-electron chi connectivity index (χ3n) is 4.63. The first-order valence-electron chi connectivity index (χ1n) is 9.37. The van der Waals surface area contributed by atoms with Gasteiger partial charge in [-0.2, -0.15) is 8.42 Å². The number of carbonyl (C=O) groups excluding carboxylic acids is 1. The highest BCUT2D eigenvalue weighted by atomic mass is 32.2. The van der Waals surface area contributed by atoms with Crippen molar-refractivity contribution in [3.63, 3.8) is 0 Å². The van der Waals surface area contributed by atoms with Gasteiger partial charge in [0, 0.05) is 0 Å². The third-order valence-corrected chi connectivity index (χ3v) is 5.93. The zero-order valence-corrected chi connectivity index (χ0v) is 17.5. The molecule has 2 aromatic carbocycles. The third kappa shape index (κ3) is 5.48. The molecule has 0 bridgehead atoms. The summed E-state index contributed by atoms with van der Waals surface area (Å²) in [6.07, 6.45) is -0.939. The Morgan fingerprint density at radius 3 is 2.55 bits per heavy atom. The standard InChI is InChI=1S/C21H25NO6S/c1-15-7-9-20(10-8-15)29(24,25)27-13-17(3)22-12-19(28-21(22)23)14-26-18-6-4-5-16(2)11-18/h4-11,17,19H,12-14H2,1-3H3/t17?,19-/m1/s1.